The van der Waals surface area contributed by atoms with Crippen LogP contribution in [0.4, 0.5) is 30.2 Å². The van der Waals surface area contributed by atoms with Gasteiger partial charge in [-0.3, -0.25) is 29.3 Å². The van der Waals surface area contributed by atoms with Gasteiger partial charge in [0.2, 0.25) is 17.7 Å². The average Bonchev–Trinajstić information content (AvgIpc) is 1.74. The summed E-state index contributed by atoms with van der Waals surface area (Å²) in [4.78, 5) is 56.1. The van der Waals surface area contributed by atoms with Crippen LogP contribution in [0.2, 0.25) is 15.1 Å². The second-order valence-corrected chi connectivity index (χ2v) is 32.0. The molecule has 0 spiro atoms. The largest absolute Gasteiger partial charge is 0.325 e. The Morgan fingerprint density at radius 1 is 0.452 bits per heavy atom. The third-order valence-electron chi connectivity index (χ3n) is 14.2. The maximum Gasteiger partial charge on any atom is 0.280 e. The number of rotatable bonds is 12. The fourth-order valence-corrected chi connectivity index (χ4v) is 18.9. The lowest BCUT2D eigenvalue weighted by molar-refractivity contribution is -0.120. The number of benzene rings is 3. The van der Waals surface area contributed by atoms with Crippen molar-refractivity contribution in [1.82, 2.24) is 42.0 Å². The highest BCUT2D eigenvalue weighted by atomic mass is 35.5. The molecular formula is C57H60Cl3F3N12O9S9. The molecule has 498 valence electrons. The highest BCUT2D eigenvalue weighted by Gasteiger charge is 2.44. The summed E-state index contributed by atoms with van der Waals surface area (Å²) in [5, 5.41) is 13.3. The van der Waals surface area contributed by atoms with Gasteiger partial charge in [-0.2, -0.15) is 52.3 Å². The van der Waals surface area contributed by atoms with Gasteiger partial charge < -0.3 is 16.0 Å². The molecule has 9 heterocycles. The molecule has 93 heavy (non-hydrogen) atoms. The molecule has 21 nitrogen and oxygen atoms in total. The van der Waals surface area contributed by atoms with Gasteiger partial charge in [0.25, 0.3) is 30.6 Å². The molecule has 0 saturated carbocycles. The first kappa shape index (κ1) is 74.7. The number of thiophene rings is 3. The molecule has 3 aliphatic rings. The maximum absolute atomic E-state index is 13.4. The Kier molecular flexibility index (Phi) is 25.3. The molecule has 0 radical (unpaired) electrons. The number of hydrogen-bond donors (Lipinski definition) is 6. The van der Waals surface area contributed by atoms with E-state index in [1.165, 1.54) is 126 Å². The Morgan fingerprint density at radius 2 is 0.710 bits per heavy atom. The van der Waals surface area contributed by atoms with Crippen LogP contribution in [0.25, 0.3) is 31.3 Å². The monoisotopic (exact) mass is 1510 g/mol. The summed E-state index contributed by atoms with van der Waals surface area (Å²) in [6, 6.07) is 12.6. The van der Waals surface area contributed by atoms with E-state index in [2.05, 4.69) is 45.1 Å². The minimum Gasteiger partial charge on any atom is -0.325 e. The number of halogens is 6. The molecule has 0 aliphatic carbocycles. The third kappa shape index (κ3) is 17.7. The standard InChI is InChI=1S/3C18H16ClFN4O3S3.3CH4/c3*1-24-15(18(25)22-11-2-3-13(20)12(19)5-11)6-14(23-30(24,26)27)16-4-10(8-28-16)17-7-21-9-29-17;;;/h3*2-5,7-9,14-15,23H,6H2,1H3,(H,22,25);3*1H4/t2*14-,15+;;;;/m10..../s1. The summed E-state index contributed by atoms with van der Waals surface area (Å²) >= 11 is 26.0. The first-order valence-corrected chi connectivity index (χ1v) is 36.9. The Morgan fingerprint density at radius 3 is 0.935 bits per heavy atom. The third-order valence-corrected chi connectivity index (χ3v) is 25.5. The topological polar surface area (TPSA) is 274 Å². The van der Waals surface area contributed by atoms with E-state index in [0.29, 0.717) is 0 Å². The summed E-state index contributed by atoms with van der Waals surface area (Å²) in [6.07, 6.45) is 5.95. The van der Waals surface area contributed by atoms with Gasteiger partial charge in [0.15, 0.2) is 0 Å². The number of hydrogen-bond acceptors (Lipinski definition) is 18. The second kappa shape index (κ2) is 31.5. The molecule has 2 unspecified atom stereocenters. The lowest BCUT2D eigenvalue weighted by Crippen LogP contribution is -2.55. The van der Waals surface area contributed by atoms with Crippen molar-refractivity contribution in [2.75, 3.05) is 37.1 Å². The molecular weight excluding hydrogens is 1450 g/mol. The number of aromatic nitrogens is 3. The van der Waals surface area contributed by atoms with Crippen molar-refractivity contribution >= 4 is 168 Å². The quantitative estimate of drug-likeness (QED) is 0.0666. The first-order valence-electron chi connectivity index (χ1n) is 26.2. The summed E-state index contributed by atoms with van der Waals surface area (Å²) in [7, 11) is -7.58. The molecule has 6 atom stereocenters. The summed E-state index contributed by atoms with van der Waals surface area (Å²) < 4.78 is 127. The molecule has 3 fully saturated rings. The lowest BCUT2D eigenvalue weighted by Gasteiger charge is -2.35. The number of thiazole rings is 3. The molecule has 6 aromatic heterocycles. The number of nitrogens with zero attached hydrogens (tertiary/aromatic N) is 6. The number of anilines is 3. The van der Waals surface area contributed by atoms with Crippen molar-refractivity contribution in [1.29, 1.82) is 0 Å². The molecule has 36 heteroatoms. The minimum atomic E-state index is -3.87. The van der Waals surface area contributed by atoms with Crippen molar-refractivity contribution in [3.05, 3.63) is 171 Å². The predicted molar refractivity (Wildman–Crippen MR) is 369 cm³/mol. The highest BCUT2D eigenvalue weighted by Crippen LogP contribution is 2.40. The molecule has 3 amide bonds. The number of carbonyl (C=O) groups excluding carboxylic acids is 3. The average molecular weight is 1510 g/mol. The van der Waals surface area contributed by atoms with Gasteiger partial charge in [0.05, 0.1) is 64.4 Å². The van der Waals surface area contributed by atoms with Crippen LogP contribution < -0.4 is 30.1 Å². The van der Waals surface area contributed by atoms with Crippen LogP contribution in [0, 0.1) is 17.5 Å². The predicted octanol–water partition coefficient (Wildman–Crippen LogP) is 13.6. The fourth-order valence-electron chi connectivity index (χ4n) is 9.36. The van der Waals surface area contributed by atoms with Gasteiger partial charge in [-0.1, -0.05) is 57.1 Å². The summed E-state index contributed by atoms with van der Waals surface area (Å²) in [5.74, 6) is -3.37. The fraction of sp³-hybridized carbons (Fsp3) is 0.263. The van der Waals surface area contributed by atoms with Crippen LogP contribution in [0.3, 0.4) is 0 Å². The van der Waals surface area contributed by atoms with Crippen LogP contribution in [0.5, 0.6) is 0 Å². The molecule has 12 rings (SSSR count). The van der Waals surface area contributed by atoms with E-state index in [-0.39, 0.29) is 73.7 Å². The maximum atomic E-state index is 13.4. The Labute approximate surface area is 575 Å². The Hall–Kier alpha value is -5.67. The normalized spacial score (nSPS) is 20.7. The molecule has 3 saturated heterocycles. The number of carbonyl (C=O) groups is 3. The van der Waals surface area contributed by atoms with Crippen molar-refractivity contribution in [2.24, 2.45) is 0 Å². The number of amides is 3. The van der Waals surface area contributed by atoms with E-state index in [0.717, 1.165) is 77.1 Å². The van der Waals surface area contributed by atoms with Gasteiger partial charge in [0, 0.05) is 88.1 Å². The molecule has 6 N–H and O–H groups in total. The van der Waals surface area contributed by atoms with E-state index in [9.17, 15) is 52.8 Å². The second-order valence-electron chi connectivity index (χ2n) is 20.0. The zero-order chi connectivity index (χ0) is 64.4. The van der Waals surface area contributed by atoms with Gasteiger partial charge in [-0.05, 0) is 108 Å². The Bertz CT molecular complexity index is 3990. The van der Waals surface area contributed by atoms with Crippen molar-refractivity contribution in [2.45, 2.75) is 77.8 Å². The highest BCUT2D eigenvalue weighted by molar-refractivity contribution is 7.87. The first-order chi connectivity index (χ1) is 42.7. The SMILES string of the molecule is C.C.C.CN1C(C(=O)Nc2ccc(F)c(Cl)c2)CC(c2cc(-c3cncs3)cs2)NS1(=O)=O.CN1[C@@H](C(=O)Nc2ccc(F)c(Cl)c2)C[C@@H](c2cc(-c3cncs3)cs2)NS1(=O)=O.CN1[C@H](C(=O)Nc2ccc(F)c(Cl)c2)C[C@H](c2cc(-c3cncs3)cs2)NS1(=O)=O. The van der Waals surface area contributed by atoms with Gasteiger partial charge in [0.1, 0.15) is 35.6 Å². The molecule has 3 aliphatic heterocycles. The molecule has 9 aromatic rings. The van der Waals surface area contributed by atoms with E-state index in [4.69, 9.17) is 34.8 Å². The van der Waals surface area contributed by atoms with Crippen molar-refractivity contribution < 1.29 is 52.8 Å². The molecule has 0 bridgehead atoms. The lowest BCUT2D eigenvalue weighted by atomic mass is 10.0. The number of nitrogens with one attached hydrogen (secondary N) is 6. The van der Waals surface area contributed by atoms with Crippen LogP contribution in [-0.2, 0) is 45.0 Å². The zero-order valence-corrected chi connectivity index (χ0v) is 56.1. The van der Waals surface area contributed by atoms with Crippen LogP contribution in [-0.4, -0.2) is 110 Å². The smallest absolute Gasteiger partial charge is 0.280 e. The van der Waals surface area contributed by atoms with E-state index < -0.39 is 102 Å². The molecule has 3 aromatic carbocycles. The van der Waals surface area contributed by atoms with Crippen LogP contribution in [0.15, 0.2) is 124 Å². The Balaban J connectivity index is 0.000000194. The van der Waals surface area contributed by atoms with Crippen LogP contribution in [0.1, 0.15) is 74.3 Å². The van der Waals surface area contributed by atoms with E-state index in [1.54, 1.807) is 35.1 Å². The van der Waals surface area contributed by atoms with E-state index in [1.807, 2.05) is 34.3 Å². The summed E-state index contributed by atoms with van der Waals surface area (Å²) in [5.41, 5.74) is 8.92. The van der Waals surface area contributed by atoms with Gasteiger partial charge in [-0.25, -0.2) is 13.2 Å². The number of likely N-dealkylation sites (N-methyl/N-ethyl adjacent to an activating group) is 3. The van der Waals surface area contributed by atoms with Gasteiger partial charge >= 0.3 is 0 Å². The van der Waals surface area contributed by atoms with Crippen LogP contribution >= 0.6 is 103 Å². The summed E-state index contributed by atoms with van der Waals surface area (Å²) in [6.45, 7) is 0. The van der Waals surface area contributed by atoms with Gasteiger partial charge in [-0.15, -0.1) is 68.0 Å². The minimum absolute atomic E-state index is 0. The zero-order valence-electron chi connectivity index (χ0n) is 46.5. The van der Waals surface area contributed by atoms with E-state index >= 15 is 0 Å². The van der Waals surface area contributed by atoms with Crippen molar-refractivity contribution in [3.63, 3.8) is 0 Å². The van der Waals surface area contributed by atoms with Crippen molar-refractivity contribution in [3.8, 4) is 31.3 Å².